The molecule has 1 aromatic heterocycles. The third-order valence-corrected chi connectivity index (χ3v) is 4.33. The quantitative estimate of drug-likeness (QED) is 0.483. The minimum Gasteiger partial charge on any atom is -0.490 e. The van der Waals surface area contributed by atoms with E-state index in [-0.39, 0.29) is 18.7 Å². The van der Waals surface area contributed by atoms with E-state index in [2.05, 4.69) is 15.6 Å². The number of carbonyl (C=O) groups excluding carboxylic acids is 1. The van der Waals surface area contributed by atoms with Crippen LogP contribution in [0.25, 0.3) is 0 Å². The van der Waals surface area contributed by atoms with Crippen molar-refractivity contribution in [1.82, 2.24) is 15.6 Å². The molecule has 0 aliphatic heterocycles. The zero-order valence-corrected chi connectivity index (χ0v) is 17.0. The maximum Gasteiger partial charge on any atom is 0.315 e. The number of halogens is 1. The smallest absolute Gasteiger partial charge is 0.315 e. The van der Waals surface area contributed by atoms with Gasteiger partial charge in [0.15, 0.2) is 11.5 Å². The van der Waals surface area contributed by atoms with Gasteiger partial charge in [0.1, 0.15) is 5.82 Å². The Kier molecular flexibility index (Phi) is 7.78. The van der Waals surface area contributed by atoms with Crippen LogP contribution in [0.5, 0.6) is 17.4 Å². The van der Waals surface area contributed by atoms with E-state index in [4.69, 9.17) is 9.47 Å². The molecule has 3 N–H and O–H groups in total. The number of carbonyl (C=O) groups is 1. The van der Waals surface area contributed by atoms with Crippen molar-refractivity contribution in [2.75, 3.05) is 13.2 Å². The second-order valence-corrected chi connectivity index (χ2v) is 6.59. The van der Waals surface area contributed by atoms with Crippen LogP contribution in [0.3, 0.4) is 0 Å². The Morgan fingerprint density at radius 3 is 2.52 bits per heavy atom. The Balaban J connectivity index is 1.47. The van der Waals surface area contributed by atoms with E-state index in [0.717, 1.165) is 5.56 Å². The fraction of sp³-hybridized carbons (Fsp3) is 0.217. The van der Waals surface area contributed by atoms with Crippen molar-refractivity contribution in [2.45, 2.75) is 19.6 Å². The lowest BCUT2D eigenvalue weighted by molar-refractivity contribution is 0.169. The molecule has 31 heavy (non-hydrogen) atoms. The number of pyridine rings is 1. The standard InChI is InChI=1S/C23H24FN3O4/c1-2-30-20-9-5-6-10-21(20)31-22-12-11-16(13-25-22)14-26-23(29)27-15-19(28)17-7-3-4-8-18(17)24/h3-13,19,28H,2,14-15H2,1H3,(H2,26,27,29). The molecule has 2 amide bonds. The molecule has 0 spiro atoms. The largest absolute Gasteiger partial charge is 0.490 e. The minimum absolute atomic E-state index is 0.114. The first-order valence-electron chi connectivity index (χ1n) is 9.85. The van der Waals surface area contributed by atoms with E-state index in [0.29, 0.717) is 24.0 Å². The van der Waals surface area contributed by atoms with Crippen LogP contribution in [0.4, 0.5) is 9.18 Å². The van der Waals surface area contributed by atoms with Gasteiger partial charge in [-0.1, -0.05) is 36.4 Å². The number of nitrogens with zero attached hydrogens (tertiary/aromatic N) is 1. The summed E-state index contributed by atoms with van der Waals surface area (Å²) in [5, 5.41) is 15.2. The summed E-state index contributed by atoms with van der Waals surface area (Å²) in [6.45, 7) is 2.53. The summed E-state index contributed by atoms with van der Waals surface area (Å²) in [5.74, 6) is 1.07. The predicted octanol–water partition coefficient (Wildman–Crippen LogP) is 3.94. The fourth-order valence-electron chi connectivity index (χ4n) is 2.79. The second-order valence-electron chi connectivity index (χ2n) is 6.59. The molecule has 8 heteroatoms. The van der Waals surface area contributed by atoms with Gasteiger partial charge in [-0.05, 0) is 30.7 Å². The van der Waals surface area contributed by atoms with Gasteiger partial charge in [-0.15, -0.1) is 0 Å². The van der Waals surface area contributed by atoms with Crippen molar-refractivity contribution < 1.29 is 23.8 Å². The van der Waals surface area contributed by atoms with Crippen molar-refractivity contribution in [3.63, 3.8) is 0 Å². The van der Waals surface area contributed by atoms with Crippen LogP contribution in [0, 0.1) is 5.82 Å². The Bertz CT molecular complexity index is 998. The van der Waals surface area contributed by atoms with Gasteiger partial charge in [-0.3, -0.25) is 0 Å². The Hall–Kier alpha value is -3.65. The maximum atomic E-state index is 13.7. The number of hydrogen-bond donors (Lipinski definition) is 3. The molecule has 0 saturated heterocycles. The number of aliphatic hydroxyl groups is 1. The number of urea groups is 1. The van der Waals surface area contributed by atoms with Crippen molar-refractivity contribution >= 4 is 6.03 Å². The average Bonchev–Trinajstić information content (AvgIpc) is 2.79. The first-order valence-corrected chi connectivity index (χ1v) is 9.85. The Labute approximate surface area is 179 Å². The SMILES string of the molecule is CCOc1ccccc1Oc1ccc(CNC(=O)NCC(O)c2ccccc2F)cn1. The lowest BCUT2D eigenvalue weighted by Gasteiger charge is -2.14. The number of rotatable bonds is 9. The Morgan fingerprint density at radius 1 is 1.06 bits per heavy atom. The van der Waals surface area contributed by atoms with Gasteiger partial charge >= 0.3 is 6.03 Å². The van der Waals surface area contributed by atoms with Crippen LogP contribution < -0.4 is 20.1 Å². The van der Waals surface area contributed by atoms with E-state index in [1.54, 1.807) is 30.5 Å². The van der Waals surface area contributed by atoms with Crippen LogP contribution in [0.2, 0.25) is 0 Å². The number of para-hydroxylation sites is 2. The van der Waals surface area contributed by atoms with Crippen molar-refractivity contribution in [3.8, 4) is 17.4 Å². The minimum atomic E-state index is -1.13. The van der Waals surface area contributed by atoms with Gasteiger partial charge in [-0.25, -0.2) is 14.2 Å². The van der Waals surface area contributed by atoms with Gasteiger partial charge in [0.25, 0.3) is 0 Å². The summed E-state index contributed by atoms with van der Waals surface area (Å²) in [4.78, 5) is 16.2. The van der Waals surface area contributed by atoms with Crippen LogP contribution >= 0.6 is 0 Å². The number of nitrogens with one attached hydrogen (secondary N) is 2. The molecule has 0 aliphatic rings. The summed E-state index contributed by atoms with van der Waals surface area (Å²) >= 11 is 0. The lowest BCUT2D eigenvalue weighted by atomic mass is 10.1. The van der Waals surface area contributed by atoms with E-state index in [1.807, 2.05) is 25.1 Å². The van der Waals surface area contributed by atoms with E-state index < -0.39 is 18.0 Å². The summed E-state index contributed by atoms with van der Waals surface area (Å²) in [5.41, 5.74) is 0.892. The number of hydrogen-bond acceptors (Lipinski definition) is 5. The van der Waals surface area contributed by atoms with E-state index in [9.17, 15) is 14.3 Å². The molecular weight excluding hydrogens is 401 g/mol. The first-order chi connectivity index (χ1) is 15.1. The highest BCUT2D eigenvalue weighted by Gasteiger charge is 2.13. The molecule has 1 heterocycles. The van der Waals surface area contributed by atoms with Gasteiger partial charge in [0, 0.05) is 30.9 Å². The summed E-state index contributed by atoms with van der Waals surface area (Å²) in [6, 6.07) is 16.2. The highest BCUT2D eigenvalue weighted by molar-refractivity contribution is 5.73. The lowest BCUT2D eigenvalue weighted by Crippen LogP contribution is -2.37. The highest BCUT2D eigenvalue weighted by atomic mass is 19.1. The van der Waals surface area contributed by atoms with Crippen LogP contribution in [-0.4, -0.2) is 29.3 Å². The highest BCUT2D eigenvalue weighted by Crippen LogP contribution is 2.30. The number of aliphatic hydroxyl groups excluding tert-OH is 1. The number of aromatic nitrogens is 1. The molecule has 0 fully saturated rings. The topological polar surface area (TPSA) is 92.7 Å². The maximum absolute atomic E-state index is 13.7. The van der Waals surface area contributed by atoms with Crippen LogP contribution in [-0.2, 0) is 6.54 Å². The van der Waals surface area contributed by atoms with E-state index >= 15 is 0 Å². The van der Waals surface area contributed by atoms with Crippen molar-refractivity contribution in [2.24, 2.45) is 0 Å². The van der Waals surface area contributed by atoms with Crippen LogP contribution in [0.1, 0.15) is 24.2 Å². The summed E-state index contributed by atoms with van der Waals surface area (Å²) in [6.07, 6.45) is 0.456. The molecule has 0 saturated carbocycles. The summed E-state index contributed by atoms with van der Waals surface area (Å²) in [7, 11) is 0. The molecule has 7 nitrogen and oxygen atoms in total. The Morgan fingerprint density at radius 2 is 1.81 bits per heavy atom. The fourth-order valence-corrected chi connectivity index (χ4v) is 2.79. The first kappa shape index (κ1) is 22.0. The van der Waals surface area contributed by atoms with Crippen molar-refractivity contribution in [1.29, 1.82) is 0 Å². The van der Waals surface area contributed by atoms with Gasteiger partial charge in [0.05, 0.1) is 12.7 Å². The predicted molar refractivity (Wildman–Crippen MR) is 114 cm³/mol. The third-order valence-electron chi connectivity index (χ3n) is 4.33. The molecule has 3 rings (SSSR count). The average molecular weight is 425 g/mol. The number of amides is 2. The number of benzene rings is 2. The third kappa shape index (κ3) is 6.42. The zero-order chi connectivity index (χ0) is 22.1. The molecule has 1 unspecified atom stereocenters. The monoisotopic (exact) mass is 425 g/mol. The molecular formula is C23H24FN3O4. The molecule has 2 aromatic carbocycles. The molecule has 0 aliphatic carbocycles. The molecule has 0 radical (unpaired) electrons. The van der Waals surface area contributed by atoms with Crippen molar-refractivity contribution in [3.05, 3.63) is 83.8 Å². The molecule has 0 bridgehead atoms. The molecule has 3 aromatic rings. The van der Waals surface area contributed by atoms with Gasteiger partial charge in [0.2, 0.25) is 5.88 Å². The van der Waals surface area contributed by atoms with E-state index in [1.165, 1.54) is 18.2 Å². The van der Waals surface area contributed by atoms with Gasteiger partial charge in [-0.2, -0.15) is 0 Å². The van der Waals surface area contributed by atoms with Gasteiger partial charge < -0.3 is 25.2 Å². The second kappa shape index (κ2) is 10.9. The normalized spacial score (nSPS) is 11.5. The van der Waals surface area contributed by atoms with Crippen LogP contribution in [0.15, 0.2) is 66.9 Å². The zero-order valence-electron chi connectivity index (χ0n) is 17.0. The number of ether oxygens (including phenoxy) is 2. The summed E-state index contributed by atoms with van der Waals surface area (Å²) < 4.78 is 24.9. The molecule has 1 atom stereocenters. The molecule has 162 valence electrons.